The summed E-state index contributed by atoms with van der Waals surface area (Å²) in [5.41, 5.74) is 8.65. The van der Waals surface area contributed by atoms with Gasteiger partial charge in [0.15, 0.2) is 5.65 Å². The van der Waals surface area contributed by atoms with Crippen molar-refractivity contribution in [3.63, 3.8) is 0 Å². The van der Waals surface area contributed by atoms with Crippen molar-refractivity contribution in [2.45, 2.75) is 26.4 Å². The lowest BCUT2D eigenvalue weighted by Gasteiger charge is -2.16. The summed E-state index contributed by atoms with van der Waals surface area (Å²) in [6.45, 7) is 4.85. The Hall–Kier alpha value is -2.37. The van der Waals surface area contributed by atoms with Gasteiger partial charge in [0.25, 0.3) is 0 Å². The topological polar surface area (TPSA) is 74.5 Å². The number of anilines is 1. The Balaban J connectivity index is 2.03. The molecule has 0 aliphatic rings. The van der Waals surface area contributed by atoms with E-state index in [9.17, 15) is 0 Å². The fourth-order valence-electron chi connectivity index (χ4n) is 2.30. The van der Waals surface area contributed by atoms with Crippen molar-refractivity contribution < 1.29 is 0 Å². The second-order valence-corrected chi connectivity index (χ2v) is 4.74. The van der Waals surface area contributed by atoms with E-state index in [4.69, 9.17) is 5.73 Å². The van der Waals surface area contributed by atoms with Crippen LogP contribution >= 0.6 is 0 Å². The zero-order chi connectivity index (χ0) is 13.4. The minimum absolute atomic E-state index is 0.161. The van der Waals surface area contributed by atoms with Crippen LogP contribution < -0.4 is 5.73 Å². The van der Waals surface area contributed by atoms with Crippen LogP contribution in [0.3, 0.4) is 0 Å². The summed E-state index contributed by atoms with van der Waals surface area (Å²) in [7, 11) is 0. The van der Waals surface area contributed by atoms with E-state index in [1.807, 2.05) is 34.4 Å². The van der Waals surface area contributed by atoms with Gasteiger partial charge in [-0.05, 0) is 26.0 Å². The molecule has 0 saturated heterocycles. The molecular weight excluding hydrogens is 240 g/mol. The molecule has 98 valence electrons. The van der Waals surface area contributed by atoms with Crippen LogP contribution in [0.5, 0.6) is 0 Å². The predicted octanol–water partition coefficient (Wildman–Crippen LogP) is 1.78. The van der Waals surface area contributed by atoms with Crippen molar-refractivity contribution in [2.75, 3.05) is 5.73 Å². The van der Waals surface area contributed by atoms with Crippen LogP contribution in [0, 0.1) is 6.92 Å². The highest BCUT2D eigenvalue weighted by atomic mass is 15.2. The Morgan fingerprint density at radius 2 is 2.16 bits per heavy atom. The van der Waals surface area contributed by atoms with E-state index in [1.165, 1.54) is 0 Å². The Morgan fingerprint density at radius 1 is 1.32 bits per heavy atom. The van der Waals surface area contributed by atoms with Gasteiger partial charge in [-0.2, -0.15) is 0 Å². The zero-order valence-corrected chi connectivity index (χ0v) is 11.0. The van der Waals surface area contributed by atoms with Crippen LogP contribution in [-0.4, -0.2) is 24.1 Å². The number of pyridine rings is 1. The first-order chi connectivity index (χ1) is 9.15. The number of fused-ring (bicyclic) bond motifs is 1. The van der Waals surface area contributed by atoms with E-state index in [2.05, 4.69) is 21.9 Å². The van der Waals surface area contributed by atoms with Crippen molar-refractivity contribution in [2.24, 2.45) is 0 Å². The van der Waals surface area contributed by atoms with Crippen LogP contribution in [0.2, 0.25) is 0 Å². The number of hydrogen-bond acceptors (Lipinski definition) is 4. The standard InChI is InChI=1S/C13H16N6/c1-9-3-4-11-12(16-9)19(13(14)17-11)10(2)7-18-6-5-15-8-18/h3-6,8,10H,7H2,1-2H3,(H2,14,17). The lowest BCUT2D eigenvalue weighted by atomic mass is 10.3. The first kappa shape index (κ1) is 11.7. The van der Waals surface area contributed by atoms with Crippen LogP contribution in [0.1, 0.15) is 18.7 Å². The number of hydrogen-bond donors (Lipinski definition) is 1. The molecule has 19 heavy (non-hydrogen) atoms. The molecule has 0 aliphatic carbocycles. The Bertz CT molecular complexity index is 697. The molecule has 2 N–H and O–H groups in total. The van der Waals surface area contributed by atoms with Crippen molar-refractivity contribution in [3.8, 4) is 0 Å². The minimum atomic E-state index is 0.161. The van der Waals surface area contributed by atoms with Gasteiger partial charge < -0.3 is 10.3 Å². The van der Waals surface area contributed by atoms with E-state index in [0.29, 0.717) is 5.95 Å². The number of aryl methyl sites for hydroxylation is 1. The molecular formula is C13H16N6. The van der Waals surface area contributed by atoms with Gasteiger partial charge in [-0.1, -0.05) is 0 Å². The molecule has 1 atom stereocenters. The van der Waals surface area contributed by atoms with Gasteiger partial charge in [0, 0.05) is 24.6 Å². The molecule has 0 aliphatic heterocycles. The molecule has 0 bridgehead atoms. The average molecular weight is 256 g/mol. The van der Waals surface area contributed by atoms with Gasteiger partial charge in [0.05, 0.1) is 12.4 Å². The number of rotatable bonds is 3. The molecule has 0 aromatic carbocycles. The van der Waals surface area contributed by atoms with Crippen LogP contribution in [-0.2, 0) is 6.54 Å². The molecule has 0 saturated carbocycles. The maximum atomic E-state index is 6.02. The van der Waals surface area contributed by atoms with E-state index in [0.717, 1.165) is 23.4 Å². The summed E-state index contributed by atoms with van der Waals surface area (Å²) in [6.07, 6.45) is 5.50. The third kappa shape index (κ3) is 2.05. The van der Waals surface area contributed by atoms with Crippen molar-refractivity contribution in [1.29, 1.82) is 0 Å². The zero-order valence-electron chi connectivity index (χ0n) is 11.0. The summed E-state index contributed by atoms with van der Waals surface area (Å²) < 4.78 is 3.99. The van der Waals surface area contributed by atoms with Crippen LogP contribution in [0.25, 0.3) is 11.2 Å². The molecule has 3 heterocycles. The molecule has 6 nitrogen and oxygen atoms in total. The molecule has 1 unspecified atom stereocenters. The first-order valence-corrected chi connectivity index (χ1v) is 6.22. The van der Waals surface area contributed by atoms with E-state index in [-0.39, 0.29) is 6.04 Å². The maximum Gasteiger partial charge on any atom is 0.202 e. The second kappa shape index (κ2) is 4.38. The van der Waals surface area contributed by atoms with Gasteiger partial charge in [-0.3, -0.25) is 4.57 Å². The monoisotopic (exact) mass is 256 g/mol. The summed E-state index contributed by atoms with van der Waals surface area (Å²) in [6, 6.07) is 4.06. The van der Waals surface area contributed by atoms with Crippen LogP contribution in [0.15, 0.2) is 30.9 Å². The largest absolute Gasteiger partial charge is 0.369 e. The number of imidazole rings is 2. The highest BCUT2D eigenvalue weighted by molar-refractivity contribution is 5.74. The molecule has 0 amide bonds. The number of nitrogens with zero attached hydrogens (tertiary/aromatic N) is 5. The van der Waals surface area contributed by atoms with E-state index < -0.39 is 0 Å². The van der Waals surface area contributed by atoms with Gasteiger partial charge in [0.2, 0.25) is 5.95 Å². The Morgan fingerprint density at radius 3 is 2.89 bits per heavy atom. The Kier molecular flexibility index (Phi) is 2.70. The average Bonchev–Trinajstić information content (AvgIpc) is 2.95. The third-order valence-corrected chi connectivity index (χ3v) is 3.18. The Labute approximate surface area is 110 Å². The van der Waals surface area contributed by atoms with Crippen molar-refractivity contribution in [3.05, 3.63) is 36.5 Å². The lowest BCUT2D eigenvalue weighted by molar-refractivity contribution is 0.477. The number of aromatic nitrogens is 5. The van der Waals surface area contributed by atoms with Crippen molar-refractivity contribution in [1.82, 2.24) is 24.1 Å². The van der Waals surface area contributed by atoms with Crippen LogP contribution in [0.4, 0.5) is 5.95 Å². The van der Waals surface area contributed by atoms with Gasteiger partial charge in [-0.25, -0.2) is 15.0 Å². The minimum Gasteiger partial charge on any atom is -0.369 e. The highest BCUT2D eigenvalue weighted by Gasteiger charge is 2.15. The number of nitrogens with two attached hydrogens (primary N) is 1. The predicted molar refractivity (Wildman–Crippen MR) is 73.6 cm³/mol. The van der Waals surface area contributed by atoms with E-state index >= 15 is 0 Å². The molecule has 0 spiro atoms. The SMILES string of the molecule is Cc1ccc2nc(N)n(C(C)Cn3ccnc3)c2n1. The summed E-state index contributed by atoms with van der Waals surface area (Å²) >= 11 is 0. The van der Waals surface area contributed by atoms with Gasteiger partial charge >= 0.3 is 0 Å². The fraction of sp³-hybridized carbons (Fsp3) is 0.308. The summed E-state index contributed by atoms with van der Waals surface area (Å²) in [5, 5.41) is 0. The fourth-order valence-corrected chi connectivity index (χ4v) is 2.30. The van der Waals surface area contributed by atoms with E-state index in [1.54, 1.807) is 12.5 Å². The molecule has 0 fully saturated rings. The first-order valence-electron chi connectivity index (χ1n) is 6.22. The molecule has 3 aromatic heterocycles. The lowest BCUT2D eigenvalue weighted by Crippen LogP contribution is -2.15. The van der Waals surface area contributed by atoms with Gasteiger partial charge in [-0.15, -0.1) is 0 Å². The second-order valence-electron chi connectivity index (χ2n) is 4.74. The van der Waals surface area contributed by atoms with Crippen molar-refractivity contribution >= 4 is 17.1 Å². The maximum absolute atomic E-state index is 6.02. The highest BCUT2D eigenvalue weighted by Crippen LogP contribution is 2.22. The summed E-state index contributed by atoms with van der Waals surface area (Å²) in [4.78, 5) is 12.9. The third-order valence-electron chi connectivity index (χ3n) is 3.18. The molecule has 6 heteroatoms. The molecule has 0 radical (unpaired) electrons. The van der Waals surface area contributed by atoms with Gasteiger partial charge in [0.1, 0.15) is 5.52 Å². The number of nitrogen functional groups attached to an aromatic ring is 1. The molecule has 3 aromatic rings. The quantitative estimate of drug-likeness (QED) is 0.775. The summed E-state index contributed by atoms with van der Waals surface area (Å²) in [5.74, 6) is 0.501. The normalized spacial score (nSPS) is 12.9. The molecule has 3 rings (SSSR count). The smallest absolute Gasteiger partial charge is 0.202 e.